The maximum absolute atomic E-state index is 13.5. The van der Waals surface area contributed by atoms with Gasteiger partial charge in [0.2, 0.25) is 0 Å². The van der Waals surface area contributed by atoms with Crippen molar-refractivity contribution in [2.24, 2.45) is 5.41 Å². The molecule has 1 fully saturated rings. The van der Waals surface area contributed by atoms with E-state index in [4.69, 9.17) is 5.26 Å². The third-order valence-electron chi connectivity index (χ3n) is 3.53. The molecule has 0 radical (unpaired) electrons. The summed E-state index contributed by atoms with van der Waals surface area (Å²) in [4.78, 5) is 11.7. The van der Waals surface area contributed by atoms with Crippen molar-refractivity contribution in [2.45, 2.75) is 32.6 Å². The number of Topliss-reactive ketones (excluding diaryl/α,β-unsaturated/α-hetero) is 1. The molecule has 0 spiro atoms. The fourth-order valence-electron chi connectivity index (χ4n) is 2.41. The average molecular weight is 231 g/mol. The van der Waals surface area contributed by atoms with Crippen molar-refractivity contribution in [3.05, 3.63) is 35.1 Å². The molecule has 3 heteroatoms. The highest BCUT2D eigenvalue weighted by Gasteiger charge is 2.39. The van der Waals surface area contributed by atoms with Gasteiger partial charge in [-0.2, -0.15) is 5.26 Å². The van der Waals surface area contributed by atoms with Crippen LogP contribution in [0.3, 0.4) is 0 Å². The molecular weight excluding hydrogens is 217 g/mol. The van der Waals surface area contributed by atoms with E-state index in [1.807, 2.05) is 13.8 Å². The first-order valence-corrected chi connectivity index (χ1v) is 5.67. The largest absolute Gasteiger partial charge is 0.299 e. The summed E-state index contributed by atoms with van der Waals surface area (Å²) < 4.78 is 13.5. The minimum atomic E-state index is -0.498. The van der Waals surface area contributed by atoms with E-state index in [1.54, 1.807) is 12.1 Å². The van der Waals surface area contributed by atoms with Crippen LogP contribution in [-0.4, -0.2) is 5.78 Å². The van der Waals surface area contributed by atoms with Gasteiger partial charge >= 0.3 is 0 Å². The molecule has 0 aliphatic heterocycles. The lowest BCUT2D eigenvalue weighted by Crippen LogP contribution is -2.15. The van der Waals surface area contributed by atoms with Crippen molar-refractivity contribution in [3.8, 4) is 6.07 Å². The Labute approximate surface area is 100 Å². The molecule has 0 aromatic heterocycles. The van der Waals surface area contributed by atoms with Gasteiger partial charge in [-0.3, -0.25) is 4.79 Å². The van der Waals surface area contributed by atoms with E-state index in [-0.39, 0.29) is 22.7 Å². The van der Waals surface area contributed by atoms with Crippen LogP contribution in [0, 0.1) is 22.6 Å². The zero-order chi connectivity index (χ0) is 12.6. The van der Waals surface area contributed by atoms with Crippen LogP contribution in [0.15, 0.2) is 18.2 Å². The number of carbonyl (C=O) groups is 1. The minimum Gasteiger partial charge on any atom is -0.299 e. The van der Waals surface area contributed by atoms with Gasteiger partial charge in [0.25, 0.3) is 0 Å². The van der Waals surface area contributed by atoms with E-state index in [0.717, 1.165) is 12.0 Å². The number of rotatable bonds is 1. The fraction of sp³-hybridized carbons (Fsp3) is 0.429. The standard InChI is InChI=1S/C14H14FNO/c1-14(2)7-11(6-13(14)17)9-3-4-10(8-16)12(15)5-9/h3-5,11H,6-7H2,1-2H3. The Hall–Kier alpha value is -1.69. The number of nitrogens with zero attached hydrogens (tertiary/aromatic N) is 1. The first-order valence-electron chi connectivity index (χ1n) is 5.67. The molecule has 0 bridgehead atoms. The molecule has 0 N–H and O–H groups in total. The molecule has 88 valence electrons. The summed E-state index contributed by atoms with van der Waals surface area (Å²) in [6, 6.07) is 6.42. The first kappa shape index (κ1) is 11.8. The van der Waals surface area contributed by atoms with Gasteiger partial charge in [0.05, 0.1) is 5.56 Å². The van der Waals surface area contributed by atoms with Crippen molar-refractivity contribution in [2.75, 3.05) is 0 Å². The Kier molecular flexibility index (Phi) is 2.74. The van der Waals surface area contributed by atoms with Crippen molar-refractivity contribution >= 4 is 5.78 Å². The van der Waals surface area contributed by atoms with Crippen molar-refractivity contribution in [3.63, 3.8) is 0 Å². The lowest BCUT2D eigenvalue weighted by atomic mass is 9.88. The van der Waals surface area contributed by atoms with Crippen molar-refractivity contribution < 1.29 is 9.18 Å². The quantitative estimate of drug-likeness (QED) is 0.744. The van der Waals surface area contributed by atoms with E-state index < -0.39 is 5.82 Å². The highest BCUT2D eigenvalue weighted by molar-refractivity contribution is 5.87. The Bertz CT molecular complexity index is 513. The number of hydrogen-bond acceptors (Lipinski definition) is 2. The molecule has 1 aromatic carbocycles. The maximum atomic E-state index is 13.5. The number of benzene rings is 1. The van der Waals surface area contributed by atoms with Crippen molar-refractivity contribution in [1.29, 1.82) is 5.26 Å². The van der Waals surface area contributed by atoms with Crippen LogP contribution in [0.2, 0.25) is 0 Å². The predicted octanol–water partition coefficient (Wildman–Crippen LogP) is 3.17. The number of halogens is 1. The second-order valence-corrected chi connectivity index (χ2v) is 5.26. The normalized spacial score (nSPS) is 22.5. The molecule has 1 aliphatic carbocycles. The molecule has 0 saturated heterocycles. The van der Waals surface area contributed by atoms with Crippen LogP contribution >= 0.6 is 0 Å². The van der Waals surface area contributed by atoms with Gasteiger partial charge in [-0.1, -0.05) is 19.9 Å². The molecule has 1 saturated carbocycles. The van der Waals surface area contributed by atoms with Crippen LogP contribution in [0.5, 0.6) is 0 Å². The lowest BCUT2D eigenvalue weighted by molar-refractivity contribution is -0.124. The molecule has 1 unspecified atom stereocenters. The second kappa shape index (κ2) is 3.96. The van der Waals surface area contributed by atoms with Gasteiger partial charge in [-0.25, -0.2) is 4.39 Å². The Morgan fingerprint density at radius 1 is 1.47 bits per heavy atom. The fourth-order valence-corrected chi connectivity index (χ4v) is 2.41. The summed E-state index contributed by atoms with van der Waals surface area (Å²) in [5, 5.41) is 8.66. The van der Waals surface area contributed by atoms with Crippen LogP contribution in [0.1, 0.15) is 43.7 Å². The van der Waals surface area contributed by atoms with Crippen LogP contribution in [-0.2, 0) is 4.79 Å². The summed E-state index contributed by atoms with van der Waals surface area (Å²) >= 11 is 0. The second-order valence-electron chi connectivity index (χ2n) is 5.26. The predicted molar refractivity (Wildman–Crippen MR) is 61.9 cm³/mol. The van der Waals surface area contributed by atoms with Crippen LogP contribution in [0.25, 0.3) is 0 Å². The summed E-state index contributed by atoms with van der Waals surface area (Å²) in [5.74, 6) is -0.186. The zero-order valence-electron chi connectivity index (χ0n) is 9.96. The summed E-state index contributed by atoms with van der Waals surface area (Å²) in [6.45, 7) is 3.85. The molecule has 2 rings (SSSR count). The monoisotopic (exact) mass is 231 g/mol. The van der Waals surface area contributed by atoms with Gasteiger partial charge in [-0.15, -0.1) is 0 Å². The summed E-state index contributed by atoms with van der Waals surface area (Å²) in [7, 11) is 0. The van der Waals surface area contributed by atoms with Crippen LogP contribution in [0.4, 0.5) is 4.39 Å². The Morgan fingerprint density at radius 2 is 2.18 bits per heavy atom. The van der Waals surface area contributed by atoms with E-state index in [9.17, 15) is 9.18 Å². The summed E-state index contributed by atoms with van der Waals surface area (Å²) in [6.07, 6.45) is 1.22. The third kappa shape index (κ3) is 2.08. The topological polar surface area (TPSA) is 40.9 Å². The molecule has 17 heavy (non-hydrogen) atoms. The lowest BCUT2D eigenvalue weighted by Gasteiger charge is -2.15. The van der Waals surface area contributed by atoms with Gasteiger partial charge in [0, 0.05) is 11.8 Å². The Balaban J connectivity index is 2.29. The highest BCUT2D eigenvalue weighted by Crippen LogP contribution is 2.43. The number of carbonyl (C=O) groups excluding carboxylic acids is 1. The van der Waals surface area contributed by atoms with E-state index in [1.165, 1.54) is 12.1 Å². The Morgan fingerprint density at radius 3 is 2.65 bits per heavy atom. The molecule has 1 atom stereocenters. The third-order valence-corrected chi connectivity index (χ3v) is 3.53. The molecule has 2 nitrogen and oxygen atoms in total. The molecule has 0 heterocycles. The number of nitriles is 1. The molecule has 1 aliphatic rings. The molecule has 0 amide bonds. The van der Waals surface area contributed by atoms with E-state index >= 15 is 0 Å². The van der Waals surface area contributed by atoms with E-state index in [2.05, 4.69) is 0 Å². The molecule has 1 aromatic rings. The SMILES string of the molecule is CC1(C)CC(c2ccc(C#N)c(F)c2)CC1=O. The summed E-state index contributed by atoms with van der Waals surface area (Å²) in [5.41, 5.74) is 0.562. The highest BCUT2D eigenvalue weighted by atomic mass is 19.1. The maximum Gasteiger partial charge on any atom is 0.141 e. The number of hydrogen-bond donors (Lipinski definition) is 0. The zero-order valence-corrected chi connectivity index (χ0v) is 9.96. The first-order chi connectivity index (χ1) is 7.94. The van der Waals surface area contributed by atoms with Gasteiger partial charge in [-0.05, 0) is 30.0 Å². The van der Waals surface area contributed by atoms with Gasteiger partial charge in [0.15, 0.2) is 0 Å². The molecular formula is C14H14FNO. The van der Waals surface area contributed by atoms with E-state index in [0.29, 0.717) is 6.42 Å². The average Bonchev–Trinajstić information content (AvgIpc) is 2.53. The smallest absolute Gasteiger partial charge is 0.141 e. The van der Waals surface area contributed by atoms with Crippen molar-refractivity contribution in [1.82, 2.24) is 0 Å². The van der Waals surface area contributed by atoms with Gasteiger partial charge in [0.1, 0.15) is 17.7 Å². The minimum absolute atomic E-state index is 0.0531. The van der Waals surface area contributed by atoms with Gasteiger partial charge < -0.3 is 0 Å². The van der Waals surface area contributed by atoms with Crippen LogP contribution < -0.4 is 0 Å². The number of ketones is 1.